The summed E-state index contributed by atoms with van der Waals surface area (Å²) in [5.41, 5.74) is -5.12. The molecular weight excluding hydrogens is 315 g/mol. The predicted octanol–water partition coefficient (Wildman–Crippen LogP) is 5.77. The first-order chi connectivity index (χ1) is 9.28. The van der Waals surface area contributed by atoms with E-state index in [0.717, 1.165) is 12.1 Å². The monoisotopic (exact) mass is 322 g/mol. The molecule has 20 heavy (non-hydrogen) atoms. The van der Waals surface area contributed by atoms with Gasteiger partial charge in [0, 0.05) is 21.2 Å². The summed E-state index contributed by atoms with van der Waals surface area (Å²) >= 11 is 11.5. The van der Waals surface area contributed by atoms with Crippen LogP contribution >= 0.6 is 23.2 Å². The zero-order valence-electron chi connectivity index (χ0n) is 9.89. The fourth-order valence-corrected chi connectivity index (χ4v) is 2.46. The van der Waals surface area contributed by atoms with E-state index in [1.807, 2.05) is 0 Å². The molecule has 6 heteroatoms. The van der Waals surface area contributed by atoms with Gasteiger partial charge in [0.2, 0.25) is 0 Å². The molecule has 0 heterocycles. The van der Waals surface area contributed by atoms with Crippen LogP contribution < -0.4 is 0 Å². The molecule has 0 aliphatic rings. The van der Waals surface area contributed by atoms with Crippen LogP contribution in [0.25, 0.3) is 0 Å². The molecule has 2 aromatic rings. The maximum Gasteiger partial charge on any atom is 0.431 e. The molecule has 0 aromatic heterocycles. The van der Waals surface area contributed by atoms with E-state index in [-0.39, 0.29) is 10.0 Å². The van der Waals surface area contributed by atoms with E-state index in [1.54, 1.807) is 0 Å². The highest BCUT2D eigenvalue weighted by atomic mass is 35.5. The van der Waals surface area contributed by atoms with Crippen molar-refractivity contribution in [1.29, 1.82) is 0 Å². The molecule has 0 amide bonds. The molecule has 0 saturated carbocycles. The van der Waals surface area contributed by atoms with E-state index in [9.17, 15) is 17.6 Å². The summed E-state index contributed by atoms with van der Waals surface area (Å²) < 4.78 is 55.0. The van der Waals surface area contributed by atoms with Crippen molar-refractivity contribution in [2.75, 3.05) is 0 Å². The van der Waals surface area contributed by atoms with Crippen LogP contribution in [-0.2, 0) is 5.67 Å². The first kappa shape index (κ1) is 15.1. The van der Waals surface area contributed by atoms with Crippen molar-refractivity contribution in [3.63, 3.8) is 0 Å². The maximum atomic E-state index is 15.0. The topological polar surface area (TPSA) is 0 Å². The molecular formula is C14H8Cl2F4. The number of halogens is 6. The Balaban J connectivity index is 2.78. The van der Waals surface area contributed by atoms with Gasteiger partial charge < -0.3 is 0 Å². The molecule has 0 bridgehead atoms. The second-order valence-corrected chi connectivity index (χ2v) is 4.93. The number of hydrogen-bond donors (Lipinski definition) is 0. The van der Waals surface area contributed by atoms with E-state index in [4.69, 9.17) is 23.2 Å². The number of hydrogen-bond acceptors (Lipinski definition) is 0. The third-order valence-electron chi connectivity index (χ3n) is 2.88. The van der Waals surface area contributed by atoms with E-state index in [2.05, 4.69) is 0 Å². The molecule has 0 unspecified atom stereocenters. The van der Waals surface area contributed by atoms with E-state index in [1.165, 1.54) is 36.4 Å². The van der Waals surface area contributed by atoms with Crippen LogP contribution in [0.2, 0.25) is 10.0 Å². The van der Waals surface area contributed by atoms with Gasteiger partial charge in [-0.25, -0.2) is 4.39 Å². The van der Waals surface area contributed by atoms with Gasteiger partial charge in [-0.05, 0) is 12.1 Å². The highest BCUT2D eigenvalue weighted by Gasteiger charge is 2.60. The van der Waals surface area contributed by atoms with Gasteiger partial charge in [0.15, 0.2) is 0 Å². The van der Waals surface area contributed by atoms with Gasteiger partial charge in [-0.1, -0.05) is 59.6 Å². The molecule has 0 atom stereocenters. The van der Waals surface area contributed by atoms with Crippen LogP contribution in [0.5, 0.6) is 0 Å². The summed E-state index contributed by atoms with van der Waals surface area (Å²) in [6.07, 6.45) is -5.19. The lowest BCUT2D eigenvalue weighted by atomic mass is 9.87. The van der Waals surface area contributed by atoms with Gasteiger partial charge in [-0.3, -0.25) is 0 Å². The summed E-state index contributed by atoms with van der Waals surface area (Å²) in [7, 11) is 0. The Morgan fingerprint density at radius 3 is 1.30 bits per heavy atom. The molecule has 0 spiro atoms. The second-order valence-electron chi connectivity index (χ2n) is 4.12. The first-order valence-corrected chi connectivity index (χ1v) is 6.29. The minimum atomic E-state index is -5.19. The lowest BCUT2D eigenvalue weighted by Crippen LogP contribution is -2.39. The van der Waals surface area contributed by atoms with Crippen molar-refractivity contribution in [2.24, 2.45) is 0 Å². The van der Waals surface area contributed by atoms with Crippen molar-refractivity contribution in [1.82, 2.24) is 0 Å². The van der Waals surface area contributed by atoms with E-state index >= 15 is 0 Å². The van der Waals surface area contributed by atoms with Crippen molar-refractivity contribution >= 4 is 23.2 Å². The summed E-state index contributed by atoms with van der Waals surface area (Å²) in [5.74, 6) is 0. The molecule has 0 saturated heterocycles. The van der Waals surface area contributed by atoms with E-state index < -0.39 is 23.0 Å². The smallest absolute Gasteiger partial charge is 0.223 e. The number of alkyl halides is 4. The highest BCUT2D eigenvalue weighted by molar-refractivity contribution is 6.32. The Hall–Kier alpha value is -1.26. The minimum Gasteiger partial charge on any atom is -0.223 e. The Labute approximate surface area is 122 Å². The van der Waals surface area contributed by atoms with Gasteiger partial charge in [-0.2, -0.15) is 13.2 Å². The number of rotatable bonds is 2. The van der Waals surface area contributed by atoms with Gasteiger partial charge in [-0.15, -0.1) is 0 Å². The first-order valence-electron chi connectivity index (χ1n) is 5.54. The highest BCUT2D eigenvalue weighted by Crippen LogP contribution is 2.51. The largest absolute Gasteiger partial charge is 0.431 e. The molecule has 0 fully saturated rings. The van der Waals surface area contributed by atoms with Crippen LogP contribution in [0.3, 0.4) is 0 Å². The Bertz CT molecular complexity index is 577. The molecule has 0 aliphatic carbocycles. The zero-order chi connectivity index (χ0) is 15.0. The Morgan fingerprint density at radius 1 is 0.650 bits per heavy atom. The van der Waals surface area contributed by atoms with Crippen molar-refractivity contribution in [2.45, 2.75) is 11.8 Å². The van der Waals surface area contributed by atoms with Gasteiger partial charge in [0.05, 0.1) is 0 Å². The Kier molecular flexibility index (Phi) is 3.98. The van der Waals surface area contributed by atoms with Crippen molar-refractivity contribution in [3.05, 3.63) is 69.7 Å². The molecule has 0 N–H and O–H groups in total. The summed E-state index contributed by atoms with van der Waals surface area (Å²) in [5, 5.41) is -0.625. The zero-order valence-corrected chi connectivity index (χ0v) is 11.4. The SMILES string of the molecule is FC(F)(F)C(F)(c1ccccc1Cl)c1ccccc1Cl. The van der Waals surface area contributed by atoms with Crippen LogP contribution in [0.1, 0.15) is 11.1 Å². The van der Waals surface area contributed by atoms with Crippen LogP contribution in [-0.4, -0.2) is 6.18 Å². The Morgan fingerprint density at radius 2 is 1.00 bits per heavy atom. The fraction of sp³-hybridized carbons (Fsp3) is 0.143. The summed E-state index contributed by atoms with van der Waals surface area (Å²) in [6.45, 7) is 0. The van der Waals surface area contributed by atoms with Crippen LogP contribution in [0.4, 0.5) is 17.6 Å². The molecule has 0 aliphatic heterocycles. The van der Waals surface area contributed by atoms with Gasteiger partial charge >= 0.3 is 6.18 Å². The number of benzene rings is 2. The van der Waals surface area contributed by atoms with Crippen molar-refractivity contribution in [3.8, 4) is 0 Å². The van der Waals surface area contributed by atoms with Gasteiger partial charge in [0.1, 0.15) is 0 Å². The quantitative estimate of drug-likeness (QED) is 0.616. The lowest BCUT2D eigenvalue weighted by Gasteiger charge is -2.30. The molecule has 106 valence electrons. The summed E-state index contributed by atoms with van der Waals surface area (Å²) in [4.78, 5) is 0. The lowest BCUT2D eigenvalue weighted by molar-refractivity contribution is -0.219. The average molecular weight is 323 g/mol. The predicted molar refractivity (Wildman–Crippen MR) is 70.8 cm³/mol. The average Bonchev–Trinajstić information content (AvgIpc) is 2.37. The van der Waals surface area contributed by atoms with Crippen LogP contribution in [0.15, 0.2) is 48.5 Å². The standard InChI is InChI=1S/C14H8Cl2F4/c15-11-7-3-1-5-9(11)13(17,14(18,19)20)10-6-2-4-8-12(10)16/h1-8H. The molecule has 0 radical (unpaired) electrons. The third kappa shape index (κ3) is 2.38. The third-order valence-corrected chi connectivity index (χ3v) is 3.54. The maximum absolute atomic E-state index is 15.0. The van der Waals surface area contributed by atoms with E-state index in [0.29, 0.717) is 0 Å². The molecule has 0 nitrogen and oxygen atoms in total. The molecule has 2 rings (SSSR count). The van der Waals surface area contributed by atoms with Crippen LogP contribution in [0, 0.1) is 0 Å². The normalized spacial score (nSPS) is 12.5. The minimum absolute atomic E-state index is 0.313. The summed E-state index contributed by atoms with van der Waals surface area (Å²) in [6, 6.07) is 9.83. The van der Waals surface area contributed by atoms with Crippen molar-refractivity contribution < 1.29 is 17.6 Å². The fourth-order valence-electron chi connectivity index (χ4n) is 1.93. The van der Waals surface area contributed by atoms with Gasteiger partial charge in [0.25, 0.3) is 5.67 Å². The molecule has 2 aromatic carbocycles. The second kappa shape index (κ2) is 5.26.